The topological polar surface area (TPSA) is 76.7 Å². The Kier molecular flexibility index (Phi) is 10.3. The number of carbonyl (C=O) groups is 2. The number of hydrogen-bond acceptors (Lipinski definition) is 5. The van der Waals surface area contributed by atoms with E-state index in [1.807, 2.05) is 65.4 Å². The van der Waals surface area contributed by atoms with Crippen LogP contribution in [0.5, 0.6) is 11.5 Å². The summed E-state index contributed by atoms with van der Waals surface area (Å²) < 4.78 is 11.5. The normalized spacial score (nSPS) is 10.4. The molecule has 3 aromatic rings. The van der Waals surface area contributed by atoms with Crippen LogP contribution in [0, 0.1) is 0 Å². The van der Waals surface area contributed by atoms with Crippen LogP contribution in [0.1, 0.15) is 41.6 Å². The summed E-state index contributed by atoms with van der Waals surface area (Å²) in [5.41, 5.74) is 1.80. The Balaban J connectivity index is 1.18. The molecular formula is C26H30N2O4S. The predicted octanol–water partition coefficient (Wildman–Crippen LogP) is 4.81. The zero-order valence-electron chi connectivity index (χ0n) is 18.6. The minimum Gasteiger partial charge on any atom is -0.494 e. The van der Waals surface area contributed by atoms with Gasteiger partial charge in [0.25, 0.3) is 5.91 Å². The Hall–Kier alpha value is -3.32. The predicted molar refractivity (Wildman–Crippen MR) is 131 cm³/mol. The summed E-state index contributed by atoms with van der Waals surface area (Å²) >= 11 is 1.49. The summed E-state index contributed by atoms with van der Waals surface area (Å²) in [5, 5.41) is 9.41. The zero-order valence-corrected chi connectivity index (χ0v) is 19.4. The molecule has 0 unspecified atom stereocenters. The SMILES string of the molecule is O=C(CCCNC(=O)c1ccsc1)NCCCCOc1ccc(OCc2ccccc2)cc1. The van der Waals surface area contributed by atoms with E-state index in [-0.39, 0.29) is 11.8 Å². The van der Waals surface area contributed by atoms with Crippen LogP contribution in [0.2, 0.25) is 0 Å². The van der Waals surface area contributed by atoms with Gasteiger partial charge in [-0.15, -0.1) is 0 Å². The summed E-state index contributed by atoms with van der Waals surface area (Å²) in [5.74, 6) is 1.52. The van der Waals surface area contributed by atoms with Gasteiger partial charge < -0.3 is 20.1 Å². The maximum atomic E-state index is 11.9. The van der Waals surface area contributed by atoms with Crippen molar-refractivity contribution in [2.45, 2.75) is 32.3 Å². The van der Waals surface area contributed by atoms with Gasteiger partial charge in [-0.25, -0.2) is 0 Å². The molecule has 0 aliphatic rings. The number of ether oxygens (including phenoxy) is 2. The molecule has 2 amide bonds. The first-order valence-electron chi connectivity index (χ1n) is 11.2. The third-order valence-corrected chi connectivity index (χ3v) is 5.57. The molecule has 33 heavy (non-hydrogen) atoms. The monoisotopic (exact) mass is 466 g/mol. The highest BCUT2D eigenvalue weighted by Crippen LogP contribution is 2.19. The van der Waals surface area contributed by atoms with Crippen LogP contribution in [-0.2, 0) is 11.4 Å². The highest BCUT2D eigenvalue weighted by molar-refractivity contribution is 7.08. The van der Waals surface area contributed by atoms with Gasteiger partial charge in [-0.2, -0.15) is 11.3 Å². The highest BCUT2D eigenvalue weighted by Gasteiger charge is 2.06. The smallest absolute Gasteiger partial charge is 0.252 e. The number of thiophene rings is 1. The Labute approximate surface area is 198 Å². The molecule has 174 valence electrons. The summed E-state index contributed by atoms with van der Waals surface area (Å²) in [7, 11) is 0. The molecule has 0 spiro atoms. The lowest BCUT2D eigenvalue weighted by Gasteiger charge is -2.09. The van der Waals surface area contributed by atoms with Gasteiger partial charge in [-0.1, -0.05) is 30.3 Å². The van der Waals surface area contributed by atoms with Crippen LogP contribution >= 0.6 is 11.3 Å². The third kappa shape index (κ3) is 9.37. The fraction of sp³-hybridized carbons (Fsp3) is 0.308. The van der Waals surface area contributed by atoms with Crippen molar-refractivity contribution < 1.29 is 19.1 Å². The summed E-state index contributed by atoms with van der Waals surface area (Å²) in [4.78, 5) is 23.7. The maximum Gasteiger partial charge on any atom is 0.252 e. The van der Waals surface area contributed by atoms with Crippen LogP contribution < -0.4 is 20.1 Å². The van der Waals surface area contributed by atoms with Crippen molar-refractivity contribution in [3.63, 3.8) is 0 Å². The van der Waals surface area contributed by atoms with Gasteiger partial charge in [0, 0.05) is 30.5 Å². The minimum atomic E-state index is -0.0917. The van der Waals surface area contributed by atoms with Crippen molar-refractivity contribution in [2.75, 3.05) is 19.7 Å². The molecule has 0 bridgehead atoms. The average molecular weight is 467 g/mol. The standard InChI is InChI=1S/C26H30N2O4S/c29-25(9-6-16-28-26(30)22-14-18-33-20-22)27-15-4-5-17-31-23-10-12-24(13-11-23)32-19-21-7-2-1-3-8-21/h1-3,7-8,10-14,18,20H,4-6,9,15-17,19H2,(H,27,29)(H,28,30). The molecule has 0 fully saturated rings. The molecule has 0 saturated heterocycles. The maximum absolute atomic E-state index is 11.9. The van der Waals surface area contributed by atoms with E-state index in [1.54, 1.807) is 6.07 Å². The quantitative estimate of drug-likeness (QED) is 0.334. The second-order valence-electron chi connectivity index (χ2n) is 7.52. The third-order valence-electron chi connectivity index (χ3n) is 4.88. The molecule has 2 N–H and O–H groups in total. The fourth-order valence-electron chi connectivity index (χ4n) is 3.05. The van der Waals surface area contributed by atoms with Gasteiger partial charge in [0.05, 0.1) is 6.61 Å². The van der Waals surface area contributed by atoms with Gasteiger partial charge in [0.1, 0.15) is 18.1 Å². The molecule has 7 heteroatoms. The fourth-order valence-corrected chi connectivity index (χ4v) is 3.69. The van der Waals surface area contributed by atoms with Crippen LogP contribution in [0.4, 0.5) is 0 Å². The molecule has 0 radical (unpaired) electrons. The molecule has 3 rings (SSSR count). The Bertz CT molecular complexity index is 960. The van der Waals surface area contributed by atoms with E-state index in [2.05, 4.69) is 10.6 Å². The molecule has 1 heterocycles. The lowest BCUT2D eigenvalue weighted by atomic mass is 10.2. The Morgan fingerprint density at radius 3 is 2.24 bits per heavy atom. The lowest BCUT2D eigenvalue weighted by molar-refractivity contribution is -0.121. The Morgan fingerprint density at radius 1 is 0.788 bits per heavy atom. The van der Waals surface area contributed by atoms with E-state index < -0.39 is 0 Å². The van der Waals surface area contributed by atoms with Crippen LogP contribution in [0.15, 0.2) is 71.4 Å². The number of hydrogen-bond donors (Lipinski definition) is 2. The highest BCUT2D eigenvalue weighted by atomic mass is 32.1. The number of unbranched alkanes of at least 4 members (excludes halogenated alkanes) is 1. The first-order chi connectivity index (χ1) is 16.2. The number of amides is 2. The molecule has 0 aliphatic heterocycles. The molecule has 0 saturated carbocycles. The van der Waals surface area contributed by atoms with Crippen LogP contribution in [0.25, 0.3) is 0 Å². The summed E-state index contributed by atoms with van der Waals surface area (Å²) in [6.45, 7) is 2.24. The lowest BCUT2D eigenvalue weighted by Crippen LogP contribution is -2.27. The van der Waals surface area contributed by atoms with E-state index in [1.165, 1.54) is 11.3 Å². The van der Waals surface area contributed by atoms with Gasteiger partial charge in [-0.05, 0) is 60.5 Å². The van der Waals surface area contributed by atoms with Gasteiger partial charge in [-0.3, -0.25) is 9.59 Å². The molecule has 0 aliphatic carbocycles. The summed E-state index contributed by atoms with van der Waals surface area (Å²) in [6, 6.07) is 19.4. The molecular weight excluding hydrogens is 436 g/mol. The molecule has 2 aromatic carbocycles. The van der Waals surface area contributed by atoms with Crippen molar-refractivity contribution in [3.05, 3.63) is 82.6 Å². The van der Waals surface area contributed by atoms with Gasteiger partial charge >= 0.3 is 0 Å². The first-order valence-corrected chi connectivity index (χ1v) is 12.1. The minimum absolute atomic E-state index is 0.00629. The zero-order chi connectivity index (χ0) is 23.1. The second-order valence-corrected chi connectivity index (χ2v) is 8.30. The largest absolute Gasteiger partial charge is 0.494 e. The average Bonchev–Trinajstić information content (AvgIpc) is 3.39. The summed E-state index contributed by atoms with van der Waals surface area (Å²) in [6.07, 6.45) is 2.72. The van der Waals surface area contributed by atoms with Crippen LogP contribution in [-0.4, -0.2) is 31.5 Å². The first kappa shape index (κ1) is 24.3. The molecule has 0 atom stereocenters. The second kappa shape index (κ2) is 14.0. The molecule has 6 nitrogen and oxygen atoms in total. The van der Waals surface area contributed by atoms with E-state index in [4.69, 9.17) is 9.47 Å². The van der Waals surface area contributed by atoms with Gasteiger partial charge in [0.15, 0.2) is 0 Å². The Morgan fingerprint density at radius 2 is 1.52 bits per heavy atom. The number of benzene rings is 2. The van der Waals surface area contributed by atoms with Crippen molar-refractivity contribution in [1.29, 1.82) is 0 Å². The molecule has 1 aromatic heterocycles. The van der Waals surface area contributed by atoms with Crippen molar-refractivity contribution >= 4 is 23.2 Å². The van der Waals surface area contributed by atoms with Crippen molar-refractivity contribution in [3.8, 4) is 11.5 Å². The van der Waals surface area contributed by atoms with E-state index in [0.29, 0.717) is 44.7 Å². The number of carbonyl (C=O) groups excluding carboxylic acids is 2. The van der Waals surface area contributed by atoms with E-state index in [0.717, 1.165) is 29.9 Å². The van der Waals surface area contributed by atoms with Crippen molar-refractivity contribution in [2.24, 2.45) is 0 Å². The van der Waals surface area contributed by atoms with E-state index in [9.17, 15) is 9.59 Å². The number of rotatable bonds is 14. The van der Waals surface area contributed by atoms with Gasteiger partial charge in [0.2, 0.25) is 5.91 Å². The van der Waals surface area contributed by atoms with Crippen LogP contribution in [0.3, 0.4) is 0 Å². The van der Waals surface area contributed by atoms with E-state index >= 15 is 0 Å². The van der Waals surface area contributed by atoms with Crippen molar-refractivity contribution in [1.82, 2.24) is 10.6 Å². The number of nitrogens with one attached hydrogen (secondary N) is 2.